The van der Waals surface area contributed by atoms with Crippen molar-refractivity contribution in [3.8, 4) is 5.75 Å². The van der Waals surface area contributed by atoms with Crippen molar-refractivity contribution in [2.45, 2.75) is 24.8 Å². The second kappa shape index (κ2) is 7.55. The van der Waals surface area contributed by atoms with E-state index in [0.29, 0.717) is 12.3 Å². The highest BCUT2D eigenvalue weighted by Crippen LogP contribution is 2.35. The van der Waals surface area contributed by atoms with Crippen LogP contribution in [0.3, 0.4) is 0 Å². The Bertz CT molecular complexity index is 452. The van der Waals surface area contributed by atoms with Gasteiger partial charge in [0.1, 0.15) is 11.8 Å². The van der Waals surface area contributed by atoms with Crippen LogP contribution in [0.15, 0.2) is 24.3 Å². The summed E-state index contributed by atoms with van der Waals surface area (Å²) in [5.74, 6) is 3.11. The molecular weight excluding hydrogens is 274 g/mol. The fraction of sp³-hybridized carbons (Fsp3) is 0.533. The molecule has 0 amide bonds. The number of para-hydroxylation sites is 1. The summed E-state index contributed by atoms with van der Waals surface area (Å²) in [5.41, 5.74) is 7.01. The van der Waals surface area contributed by atoms with E-state index >= 15 is 0 Å². The van der Waals surface area contributed by atoms with Crippen LogP contribution in [0.5, 0.6) is 5.75 Å². The van der Waals surface area contributed by atoms with Gasteiger partial charge >= 0.3 is 5.97 Å². The molecule has 0 saturated heterocycles. The van der Waals surface area contributed by atoms with Crippen LogP contribution in [0.4, 0.5) is 0 Å². The van der Waals surface area contributed by atoms with Crippen LogP contribution in [-0.2, 0) is 9.53 Å². The summed E-state index contributed by atoms with van der Waals surface area (Å²) in [5, 5.41) is 0. The Balaban J connectivity index is 1.77. The minimum Gasteiger partial charge on any atom is -0.493 e. The lowest BCUT2D eigenvalue weighted by atomic mass is 9.95. The quantitative estimate of drug-likeness (QED) is 0.644. The number of methoxy groups -OCH3 is 1. The first kappa shape index (κ1) is 15.2. The first-order valence-corrected chi connectivity index (χ1v) is 8.00. The predicted molar refractivity (Wildman–Crippen MR) is 81.2 cm³/mol. The van der Waals surface area contributed by atoms with E-state index in [4.69, 9.17) is 10.5 Å². The molecule has 0 radical (unpaired) electrons. The van der Waals surface area contributed by atoms with Crippen molar-refractivity contribution in [3.63, 3.8) is 0 Å². The largest absolute Gasteiger partial charge is 0.493 e. The van der Waals surface area contributed by atoms with Crippen molar-refractivity contribution in [2.24, 2.45) is 5.73 Å². The molecule has 2 N–H and O–H groups in total. The number of carbonyl (C=O) groups is 1. The van der Waals surface area contributed by atoms with Gasteiger partial charge in [-0.25, -0.2) is 0 Å². The van der Waals surface area contributed by atoms with Gasteiger partial charge in [0.25, 0.3) is 0 Å². The summed E-state index contributed by atoms with van der Waals surface area (Å²) in [6.45, 7) is 0.782. The Morgan fingerprint density at radius 1 is 1.55 bits per heavy atom. The van der Waals surface area contributed by atoms with Gasteiger partial charge in [0.2, 0.25) is 0 Å². The second-order valence-electron chi connectivity index (χ2n) is 4.87. The van der Waals surface area contributed by atoms with Gasteiger partial charge in [-0.2, -0.15) is 11.8 Å². The lowest BCUT2D eigenvalue weighted by Gasteiger charge is -2.25. The predicted octanol–water partition coefficient (Wildman–Crippen LogP) is 2.18. The van der Waals surface area contributed by atoms with E-state index in [9.17, 15) is 4.79 Å². The molecule has 110 valence electrons. The number of esters is 1. The number of rotatable bonds is 6. The summed E-state index contributed by atoms with van der Waals surface area (Å²) >= 11 is 1.84. The van der Waals surface area contributed by atoms with Gasteiger partial charge in [-0.15, -0.1) is 0 Å². The summed E-state index contributed by atoms with van der Waals surface area (Å²) in [6.07, 6.45) is 1.70. The van der Waals surface area contributed by atoms with Gasteiger partial charge in [0.05, 0.1) is 13.7 Å². The summed E-state index contributed by atoms with van der Waals surface area (Å²) < 4.78 is 10.3. The van der Waals surface area contributed by atoms with Gasteiger partial charge in [0.15, 0.2) is 0 Å². The Morgan fingerprint density at radius 3 is 3.15 bits per heavy atom. The fourth-order valence-corrected chi connectivity index (χ4v) is 3.51. The molecule has 1 aliphatic rings. The molecule has 2 atom stereocenters. The number of benzene rings is 1. The highest BCUT2D eigenvalue weighted by Gasteiger charge is 2.21. The van der Waals surface area contributed by atoms with Crippen molar-refractivity contribution in [2.75, 3.05) is 25.2 Å². The van der Waals surface area contributed by atoms with Gasteiger partial charge < -0.3 is 15.2 Å². The second-order valence-corrected chi connectivity index (χ2v) is 6.01. The third-order valence-electron chi connectivity index (χ3n) is 3.48. The van der Waals surface area contributed by atoms with Gasteiger partial charge in [-0.1, -0.05) is 18.2 Å². The third kappa shape index (κ3) is 3.90. The van der Waals surface area contributed by atoms with Crippen LogP contribution in [0.25, 0.3) is 0 Å². The zero-order valence-electron chi connectivity index (χ0n) is 11.7. The molecule has 0 fully saturated rings. The Hall–Kier alpha value is -1.20. The van der Waals surface area contributed by atoms with E-state index in [2.05, 4.69) is 16.9 Å². The fourth-order valence-electron chi connectivity index (χ4n) is 2.29. The van der Waals surface area contributed by atoms with E-state index < -0.39 is 6.04 Å². The van der Waals surface area contributed by atoms with Crippen LogP contribution in [-0.4, -0.2) is 37.2 Å². The molecule has 1 heterocycles. The maximum Gasteiger partial charge on any atom is 0.322 e. The molecule has 20 heavy (non-hydrogen) atoms. The number of hydrogen-bond acceptors (Lipinski definition) is 5. The molecule has 1 aromatic rings. The van der Waals surface area contributed by atoms with Gasteiger partial charge in [0, 0.05) is 5.75 Å². The maximum atomic E-state index is 11.2. The average Bonchev–Trinajstić information content (AvgIpc) is 2.50. The zero-order valence-corrected chi connectivity index (χ0v) is 12.5. The summed E-state index contributed by atoms with van der Waals surface area (Å²) in [7, 11) is 1.37. The smallest absolute Gasteiger partial charge is 0.322 e. The van der Waals surface area contributed by atoms with E-state index in [1.807, 2.05) is 23.9 Å². The van der Waals surface area contributed by atoms with Crippen molar-refractivity contribution in [3.05, 3.63) is 29.8 Å². The molecule has 0 bridgehead atoms. The monoisotopic (exact) mass is 295 g/mol. The highest BCUT2D eigenvalue weighted by atomic mass is 32.2. The SMILES string of the molecule is COC(=O)C(N)CCSCC1CCOc2ccccc21. The molecule has 4 nitrogen and oxygen atoms in total. The third-order valence-corrected chi connectivity index (χ3v) is 4.64. The standard InChI is InChI=1S/C15H21NO3S/c1-18-15(17)13(16)7-9-20-10-11-6-8-19-14-5-3-2-4-12(11)14/h2-5,11,13H,6-10,16H2,1H3. The minimum atomic E-state index is -0.505. The van der Waals surface area contributed by atoms with E-state index in [1.165, 1.54) is 12.7 Å². The van der Waals surface area contributed by atoms with Crippen molar-refractivity contribution >= 4 is 17.7 Å². The molecular formula is C15H21NO3S. The Labute approximate surface area is 124 Å². The lowest BCUT2D eigenvalue weighted by molar-refractivity contribution is -0.142. The first-order chi connectivity index (χ1) is 9.72. The van der Waals surface area contributed by atoms with Crippen LogP contribution in [0.1, 0.15) is 24.3 Å². The Kier molecular flexibility index (Phi) is 5.73. The Morgan fingerprint density at radius 2 is 2.35 bits per heavy atom. The molecule has 5 heteroatoms. The zero-order chi connectivity index (χ0) is 14.4. The van der Waals surface area contributed by atoms with Gasteiger partial charge in [-0.05, 0) is 36.1 Å². The molecule has 0 spiro atoms. The molecule has 0 aliphatic carbocycles. The van der Waals surface area contributed by atoms with E-state index in [0.717, 1.165) is 30.3 Å². The minimum absolute atomic E-state index is 0.331. The number of carbonyl (C=O) groups excluding carboxylic acids is 1. The molecule has 2 unspecified atom stereocenters. The maximum absolute atomic E-state index is 11.2. The number of nitrogens with two attached hydrogens (primary N) is 1. The van der Waals surface area contributed by atoms with E-state index in [-0.39, 0.29) is 5.97 Å². The van der Waals surface area contributed by atoms with Crippen molar-refractivity contribution in [1.82, 2.24) is 0 Å². The number of thioether (sulfide) groups is 1. The topological polar surface area (TPSA) is 61.5 Å². The number of fused-ring (bicyclic) bond motifs is 1. The molecule has 2 rings (SSSR count). The van der Waals surface area contributed by atoms with E-state index in [1.54, 1.807) is 0 Å². The van der Waals surface area contributed by atoms with Crippen LogP contribution in [0, 0.1) is 0 Å². The van der Waals surface area contributed by atoms with Crippen LogP contribution in [0.2, 0.25) is 0 Å². The van der Waals surface area contributed by atoms with Crippen LogP contribution < -0.4 is 10.5 Å². The first-order valence-electron chi connectivity index (χ1n) is 6.85. The molecule has 0 saturated carbocycles. The van der Waals surface area contributed by atoms with Crippen LogP contribution >= 0.6 is 11.8 Å². The number of ether oxygens (including phenoxy) is 2. The molecule has 1 aliphatic heterocycles. The van der Waals surface area contributed by atoms with Crippen molar-refractivity contribution in [1.29, 1.82) is 0 Å². The molecule has 1 aromatic carbocycles. The summed E-state index contributed by atoms with van der Waals surface area (Å²) in [4.78, 5) is 11.2. The number of hydrogen-bond donors (Lipinski definition) is 1. The molecule has 0 aromatic heterocycles. The average molecular weight is 295 g/mol. The van der Waals surface area contributed by atoms with Gasteiger partial charge in [-0.3, -0.25) is 4.79 Å². The summed E-state index contributed by atoms with van der Waals surface area (Å²) in [6, 6.07) is 7.72. The lowest BCUT2D eigenvalue weighted by Crippen LogP contribution is -2.32. The normalized spacial score (nSPS) is 18.8. The van der Waals surface area contributed by atoms with Crippen molar-refractivity contribution < 1.29 is 14.3 Å². The highest BCUT2D eigenvalue weighted by molar-refractivity contribution is 7.99.